The maximum Gasteiger partial charge on any atom is 0.307 e. The molecule has 7 heteroatoms. The molecule has 0 saturated carbocycles. The Labute approximate surface area is 108 Å². The molecule has 0 fully saturated rings. The molecule has 0 aliphatic carbocycles. The van der Waals surface area contributed by atoms with Crippen molar-refractivity contribution < 1.29 is 9.53 Å². The van der Waals surface area contributed by atoms with Crippen LogP contribution in [0, 0.1) is 0 Å². The van der Waals surface area contributed by atoms with Crippen LogP contribution in [0.4, 0.5) is 11.8 Å². The molecule has 94 valence electrons. The van der Waals surface area contributed by atoms with Crippen LogP contribution in [0.5, 0.6) is 0 Å². The fourth-order valence-electron chi connectivity index (χ4n) is 1.13. The van der Waals surface area contributed by atoms with Crippen molar-refractivity contribution >= 4 is 33.7 Å². The summed E-state index contributed by atoms with van der Waals surface area (Å²) in [5.74, 6) is 0.944. The van der Waals surface area contributed by atoms with E-state index in [0.29, 0.717) is 31.3 Å². The summed E-state index contributed by atoms with van der Waals surface area (Å²) >= 11 is 3.33. The molecule has 0 unspecified atom stereocenters. The summed E-state index contributed by atoms with van der Waals surface area (Å²) in [4.78, 5) is 19.4. The molecule has 0 amide bonds. The smallest absolute Gasteiger partial charge is 0.307 e. The monoisotopic (exact) mass is 302 g/mol. The van der Waals surface area contributed by atoms with E-state index in [1.807, 2.05) is 0 Å². The van der Waals surface area contributed by atoms with E-state index in [1.54, 1.807) is 20.2 Å². The Balaban J connectivity index is 2.48. The fourth-order valence-corrected chi connectivity index (χ4v) is 1.46. The van der Waals surface area contributed by atoms with Gasteiger partial charge in [0, 0.05) is 19.8 Å². The molecule has 0 spiro atoms. The predicted octanol–water partition coefficient (Wildman–Crippen LogP) is 1.65. The topological polar surface area (TPSA) is 76.1 Å². The van der Waals surface area contributed by atoms with E-state index in [2.05, 4.69) is 36.5 Å². The highest BCUT2D eigenvalue weighted by atomic mass is 79.9. The molecule has 1 rings (SSSR count). The van der Waals surface area contributed by atoms with Crippen LogP contribution in [0.15, 0.2) is 10.7 Å². The van der Waals surface area contributed by atoms with Crippen molar-refractivity contribution in [2.24, 2.45) is 0 Å². The number of esters is 1. The van der Waals surface area contributed by atoms with E-state index in [0.717, 1.165) is 4.47 Å². The molecule has 17 heavy (non-hydrogen) atoms. The first kappa shape index (κ1) is 13.7. The third-order valence-corrected chi connectivity index (χ3v) is 2.47. The number of hydrogen-bond donors (Lipinski definition) is 2. The zero-order chi connectivity index (χ0) is 12.7. The molecule has 0 saturated heterocycles. The first-order valence-corrected chi connectivity index (χ1v) is 6.06. The van der Waals surface area contributed by atoms with Crippen molar-refractivity contribution in [2.75, 3.05) is 30.8 Å². The minimum Gasteiger partial charge on any atom is -0.466 e. The minimum absolute atomic E-state index is 0.223. The number of anilines is 2. The summed E-state index contributed by atoms with van der Waals surface area (Å²) in [6, 6.07) is 0. The Hall–Kier alpha value is -1.37. The van der Waals surface area contributed by atoms with Gasteiger partial charge in [0.05, 0.1) is 17.5 Å². The molecule has 0 radical (unpaired) electrons. The first-order valence-electron chi connectivity index (χ1n) is 5.27. The lowest BCUT2D eigenvalue weighted by atomic mass is 10.4. The summed E-state index contributed by atoms with van der Waals surface area (Å²) in [6.07, 6.45) is 1.95. The van der Waals surface area contributed by atoms with Gasteiger partial charge >= 0.3 is 5.97 Å². The van der Waals surface area contributed by atoms with Crippen LogP contribution in [0.3, 0.4) is 0 Å². The van der Waals surface area contributed by atoms with Crippen molar-refractivity contribution in [1.82, 2.24) is 9.97 Å². The zero-order valence-electron chi connectivity index (χ0n) is 9.79. The first-order chi connectivity index (χ1) is 8.17. The Morgan fingerprint density at radius 2 is 2.35 bits per heavy atom. The van der Waals surface area contributed by atoms with Gasteiger partial charge in [-0.25, -0.2) is 4.98 Å². The quantitative estimate of drug-likeness (QED) is 0.778. The van der Waals surface area contributed by atoms with Crippen LogP contribution < -0.4 is 10.6 Å². The van der Waals surface area contributed by atoms with Crippen LogP contribution in [0.2, 0.25) is 0 Å². The van der Waals surface area contributed by atoms with E-state index in [9.17, 15) is 4.79 Å². The Morgan fingerprint density at radius 3 is 3.00 bits per heavy atom. The molecule has 1 aromatic heterocycles. The van der Waals surface area contributed by atoms with E-state index in [1.165, 1.54) is 0 Å². The Bertz CT molecular complexity index is 387. The second-order valence-corrected chi connectivity index (χ2v) is 3.98. The number of hydrogen-bond acceptors (Lipinski definition) is 6. The van der Waals surface area contributed by atoms with E-state index in [-0.39, 0.29) is 5.97 Å². The normalized spacial score (nSPS) is 9.82. The molecule has 0 aliphatic heterocycles. The number of aromatic nitrogens is 2. The van der Waals surface area contributed by atoms with E-state index in [4.69, 9.17) is 4.74 Å². The molecule has 6 nitrogen and oxygen atoms in total. The summed E-state index contributed by atoms with van der Waals surface area (Å²) in [5, 5.41) is 5.88. The molecule has 0 atom stereocenters. The van der Waals surface area contributed by atoms with Crippen molar-refractivity contribution in [1.29, 1.82) is 0 Å². The summed E-state index contributed by atoms with van der Waals surface area (Å²) in [7, 11) is 1.74. The second-order valence-electron chi connectivity index (χ2n) is 3.12. The number of carbonyl (C=O) groups is 1. The minimum atomic E-state index is -0.223. The number of rotatable bonds is 6. The number of nitrogens with zero attached hydrogens (tertiary/aromatic N) is 2. The number of halogens is 1. The van der Waals surface area contributed by atoms with E-state index < -0.39 is 0 Å². The number of nitrogens with one attached hydrogen (secondary N) is 2. The molecular formula is C10H15BrN4O2. The maximum absolute atomic E-state index is 11.1. The average Bonchev–Trinajstić information content (AvgIpc) is 2.32. The third-order valence-electron chi connectivity index (χ3n) is 1.89. The maximum atomic E-state index is 11.1. The van der Waals surface area contributed by atoms with Crippen LogP contribution in [-0.2, 0) is 9.53 Å². The second kappa shape index (κ2) is 7.05. The van der Waals surface area contributed by atoms with Crippen molar-refractivity contribution in [3.63, 3.8) is 0 Å². The van der Waals surface area contributed by atoms with Gasteiger partial charge in [-0.05, 0) is 22.9 Å². The standard InChI is InChI=1S/C10H15BrN4O2/c1-3-17-8(16)4-5-13-9-7(11)6-14-10(12-2)15-9/h6H,3-5H2,1-2H3,(H2,12,13,14,15). The van der Waals surface area contributed by atoms with Crippen molar-refractivity contribution in [3.05, 3.63) is 10.7 Å². The number of ether oxygens (including phenoxy) is 1. The zero-order valence-corrected chi connectivity index (χ0v) is 11.4. The van der Waals surface area contributed by atoms with Gasteiger partial charge in [0.2, 0.25) is 5.95 Å². The summed E-state index contributed by atoms with van der Waals surface area (Å²) in [5.41, 5.74) is 0. The summed E-state index contributed by atoms with van der Waals surface area (Å²) in [6.45, 7) is 2.66. The number of carbonyl (C=O) groups excluding carboxylic acids is 1. The van der Waals surface area contributed by atoms with Gasteiger partial charge in [-0.3, -0.25) is 4.79 Å². The lowest BCUT2D eigenvalue weighted by molar-refractivity contribution is -0.142. The van der Waals surface area contributed by atoms with Crippen molar-refractivity contribution in [2.45, 2.75) is 13.3 Å². The van der Waals surface area contributed by atoms with Gasteiger partial charge < -0.3 is 15.4 Å². The molecule has 0 aromatic carbocycles. The SMILES string of the molecule is CCOC(=O)CCNc1nc(NC)ncc1Br. The molecule has 2 N–H and O–H groups in total. The fraction of sp³-hybridized carbons (Fsp3) is 0.500. The van der Waals surface area contributed by atoms with E-state index >= 15 is 0 Å². The molecule has 0 bridgehead atoms. The molecule has 0 aliphatic rings. The van der Waals surface area contributed by atoms with Gasteiger partial charge in [-0.15, -0.1) is 0 Å². The van der Waals surface area contributed by atoms with Crippen LogP contribution in [0.25, 0.3) is 0 Å². The lowest BCUT2D eigenvalue weighted by Gasteiger charge is -2.08. The predicted molar refractivity (Wildman–Crippen MR) is 69.0 cm³/mol. The highest BCUT2D eigenvalue weighted by Gasteiger charge is 2.05. The lowest BCUT2D eigenvalue weighted by Crippen LogP contribution is -2.12. The van der Waals surface area contributed by atoms with Gasteiger partial charge in [0.1, 0.15) is 5.82 Å². The largest absolute Gasteiger partial charge is 0.466 e. The van der Waals surface area contributed by atoms with Gasteiger partial charge in [-0.2, -0.15) is 4.98 Å². The van der Waals surface area contributed by atoms with Crippen LogP contribution in [0.1, 0.15) is 13.3 Å². The highest BCUT2D eigenvalue weighted by Crippen LogP contribution is 2.19. The Kier molecular flexibility index (Phi) is 5.68. The highest BCUT2D eigenvalue weighted by molar-refractivity contribution is 9.10. The van der Waals surface area contributed by atoms with Gasteiger partial charge in [-0.1, -0.05) is 0 Å². The van der Waals surface area contributed by atoms with Gasteiger partial charge in [0.25, 0.3) is 0 Å². The average molecular weight is 303 g/mol. The summed E-state index contributed by atoms with van der Waals surface area (Å²) < 4.78 is 5.57. The Morgan fingerprint density at radius 1 is 1.59 bits per heavy atom. The van der Waals surface area contributed by atoms with Crippen LogP contribution in [-0.4, -0.2) is 36.1 Å². The van der Waals surface area contributed by atoms with Crippen molar-refractivity contribution in [3.8, 4) is 0 Å². The molecule has 1 aromatic rings. The molecular weight excluding hydrogens is 288 g/mol. The third kappa shape index (κ3) is 4.56. The molecule has 1 heterocycles. The van der Waals surface area contributed by atoms with Gasteiger partial charge in [0.15, 0.2) is 0 Å². The van der Waals surface area contributed by atoms with Crippen LogP contribution >= 0.6 is 15.9 Å².